The number of aliphatic imine (C=N–C) groups is 1. The lowest BCUT2D eigenvalue weighted by Gasteiger charge is -2.37. The lowest BCUT2D eigenvalue weighted by molar-refractivity contribution is -0.197. The van der Waals surface area contributed by atoms with Crippen molar-refractivity contribution in [1.29, 1.82) is 0 Å². The summed E-state index contributed by atoms with van der Waals surface area (Å²) in [5.74, 6) is 0.186. The molecule has 0 aliphatic carbocycles. The molecule has 2 aromatic carbocycles. The Morgan fingerprint density at radius 1 is 1.00 bits per heavy atom. The summed E-state index contributed by atoms with van der Waals surface area (Å²) in [6.07, 6.45) is -4.57. The molecule has 22 heavy (non-hydrogen) atoms. The Kier molecular flexibility index (Phi) is 3.41. The fourth-order valence-corrected chi connectivity index (χ4v) is 2.57. The first-order valence-corrected chi connectivity index (χ1v) is 6.75. The van der Waals surface area contributed by atoms with Gasteiger partial charge in [0.25, 0.3) is 0 Å². The van der Waals surface area contributed by atoms with Gasteiger partial charge in [0.05, 0.1) is 0 Å². The van der Waals surface area contributed by atoms with E-state index in [0.29, 0.717) is 11.3 Å². The van der Waals surface area contributed by atoms with Crippen molar-refractivity contribution in [1.82, 2.24) is 5.32 Å². The number of benzene rings is 2. The second-order valence-corrected chi connectivity index (χ2v) is 4.96. The number of anilines is 1. The van der Waals surface area contributed by atoms with Crippen molar-refractivity contribution < 1.29 is 13.2 Å². The molecule has 0 aromatic heterocycles. The highest BCUT2D eigenvalue weighted by molar-refractivity contribution is 6.10. The average Bonchev–Trinajstić information content (AvgIpc) is 2.53. The van der Waals surface area contributed by atoms with Crippen molar-refractivity contribution in [3.8, 4) is 0 Å². The molecule has 1 heterocycles. The zero-order valence-electron chi connectivity index (χ0n) is 11.8. The van der Waals surface area contributed by atoms with E-state index in [0.717, 1.165) is 0 Å². The zero-order valence-corrected chi connectivity index (χ0v) is 11.8. The predicted octanol–water partition coefficient (Wildman–Crippen LogP) is 3.49. The highest BCUT2D eigenvalue weighted by Gasteiger charge is 2.58. The molecular formula is C16H14F3N3. The van der Waals surface area contributed by atoms with Crippen molar-refractivity contribution in [3.63, 3.8) is 0 Å². The van der Waals surface area contributed by atoms with Gasteiger partial charge in [-0.25, -0.2) is 4.99 Å². The number of alkyl halides is 3. The molecule has 0 saturated heterocycles. The topological polar surface area (TPSA) is 36.4 Å². The predicted molar refractivity (Wildman–Crippen MR) is 79.8 cm³/mol. The quantitative estimate of drug-likeness (QED) is 0.891. The van der Waals surface area contributed by atoms with Crippen LogP contribution in [0.1, 0.15) is 11.1 Å². The van der Waals surface area contributed by atoms with Crippen molar-refractivity contribution >= 4 is 11.5 Å². The summed E-state index contributed by atoms with van der Waals surface area (Å²) in [5, 5.41) is 5.35. The fourth-order valence-electron chi connectivity index (χ4n) is 2.57. The van der Waals surface area contributed by atoms with Crippen LogP contribution in [0.3, 0.4) is 0 Å². The Bertz CT molecular complexity index is 710. The summed E-state index contributed by atoms with van der Waals surface area (Å²) >= 11 is 0. The molecule has 2 aromatic rings. The molecule has 114 valence electrons. The highest BCUT2D eigenvalue weighted by atomic mass is 19.4. The molecule has 1 aliphatic heterocycles. The largest absolute Gasteiger partial charge is 0.431 e. The molecule has 3 nitrogen and oxygen atoms in total. The van der Waals surface area contributed by atoms with E-state index in [2.05, 4.69) is 15.6 Å². The van der Waals surface area contributed by atoms with Gasteiger partial charge in [-0.05, 0) is 13.1 Å². The van der Waals surface area contributed by atoms with Crippen LogP contribution in [0.5, 0.6) is 0 Å². The van der Waals surface area contributed by atoms with Crippen LogP contribution in [0.25, 0.3) is 0 Å². The molecule has 6 heteroatoms. The molecule has 1 atom stereocenters. The van der Waals surface area contributed by atoms with Crippen LogP contribution in [0, 0.1) is 0 Å². The number of hydrogen-bond acceptors (Lipinski definition) is 3. The number of rotatable bonds is 2. The van der Waals surface area contributed by atoms with Crippen molar-refractivity contribution in [2.75, 3.05) is 12.4 Å². The van der Waals surface area contributed by atoms with Crippen LogP contribution in [0.4, 0.5) is 18.9 Å². The summed E-state index contributed by atoms with van der Waals surface area (Å²) < 4.78 is 41.3. The lowest BCUT2D eigenvalue weighted by atomic mass is 9.94. The Labute approximate surface area is 125 Å². The Balaban J connectivity index is 2.23. The van der Waals surface area contributed by atoms with Crippen LogP contribution in [-0.4, -0.2) is 19.1 Å². The molecule has 0 saturated carbocycles. The highest BCUT2D eigenvalue weighted by Crippen LogP contribution is 2.45. The first-order valence-electron chi connectivity index (χ1n) is 6.75. The summed E-state index contributed by atoms with van der Waals surface area (Å²) in [4.78, 5) is 3.98. The summed E-state index contributed by atoms with van der Waals surface area (Å²) in [6, 6.07) is 15.1. The average molecular weight is 305 g/mol. The molecule has 1 unspecified atom stereocenters. The van der Waals surface area contributed by atoms with Crippen LogP contribution < -0.4 is 10.6 Å². The smallest absolute Gasteiger partial charge is 0.340 e. The number of amidine groups is 1. The van der Waals surface area contributed by atoms with Crippen molar-refractivity contribution in [2.24, 2.45) is 4.99 Å². The number of nitrogens with zero attached hydrogens (tertiary/aromatic N) is 1. The molecule has 0 radical (unpaired) electrons. The van der Waals surface area contributed by atoms with Crippen LogP contribution in [0.2, 0.25) is 0 Å². The minimum atomic E-state index is -4.57. The van der Waals surface area contributed by atoms with Gasteiger partial charge in [0, 0.05) is 16.8 Å². The fraction of sp³-hybridized carbons (Fsp3) is 0.188. The number of halogens is 3. The maximum atomic E-state index is 13.8. The van der Waals surface area contributed by atoms with Crippen molar-refractivity contribution in [3.05, 3.63) is 65.7 Å². The monoisotopic (exact) mass is 305 g/mol. The molecule has 0 amide bonds. The van der Waals surface area contributed by atoms with Gasteiger partial charge < -0.3 is 5.32 Å². The van der Waals surface area contributed by atoms with Gasteiger partial charge in [0.2, 0.25) is 5.66 Å². The van der Waals surface area contributed by atoms with Crippen LogP contribution in [-0.2, 0) is 5.66 Å². The minimum Gasteiger partial charge on any atom is -0.340 e. The lowest BCUT2D eigenvalue weighted by Crippen LogP contribution is -2.54. The third-order valence-corrected chi connectivity index (χ3v) is 3.67. The molecule has 0 spiro atoms. The molecular weight excluding hydrogens is 291 g/mol. The Morgan fingerprint density at radius 3 is 2.27 bits per heavy atom. The Morgan fingerprint density at radius 2 is 1.64 bits per heavy atom. The number of fused-ring (bicyclic) bond motifs is 1. The molecule has 2 N–H and O–H groups in total. The normalized spacial score (nSPS) is 20.8. The second kappa shape index (κ2) is 5.14. The number of hydrogen-bond donors (Lipinski definition) is 2. The molecule has 0 bridgehead atoms. The molecule has 1 aliphatic rings. The summed E-state index contributed by atoms with van der Waals surface area (Å²) in [6.45, 7) is 0. The van der Waals surface area contributed by atoms with E-state index in [-0.39, 0.29) is 11.4 Å². The van der Waals surface area contributed by atoms with Gasteiger partial charge in [-0.2, -0.15) is 13.2 Å². The molecule has 3 rings (SSSR count). The third-order valence-electron chi connectivity index (χ3n) is 3.67. The number of para-hydroxylation sites is 1. The van der Waals surface area contributed by atoms with Crippen LogP contribution >= 0.6 is 0 Å². The van der Waals surface area contributed by atoms with E-state index in [1.165, 1.54) is 13.1 Å². The number of nitrogens with one attached hydrogen (secondary N) is 2. The van der Waals surface area contributed by atoms with Gasteiger partial charge in [0.15, 0.2) is 0 Å². The van der Waals surface area contributed by atoms with E-state index in [4.69, 9.17) is 0 Å². The first kappa shape index (κ1) is 14.6. The summed E-state index contributed by atoms with van der Waals surface area (Å²) in [5.41, 5.74) is -1.41. The van der Waals surface area contributed by atoms with Gasteiger partial charge in [-0.15, -0.1) is 0 Å². The summed E-state index contributed by atoms with van der Waals surface area (Å²) in [7, 11) is 1.27. The van der Waals surface area contributed by atoms with Crippen molar-refractivity contribution in [2.45, 2.75) is 11.8 Å². The van der Waals surface area contributed by atoms with E-state index >= 15 is 0 Å². The van der Waals surface area contributed by atoms with Gasteiger partial charge >= 0.3 is 6.18 Å². The van der Waals surface area contributed by atoms with E-state index < -0.39 is 11.8 Å². The van der Waals surface area contributed by atoms with E-state index in [1.807, 2.05) is 0 Å². The SMILES string of the molecule is CNC1(C(F)(F)F)N=C(c2ccccc2)Nc2ccccc21. The van der Waals surface area contributed by atoms with Crippen LogP contribution in [0.15, 0.2) is 59.6 Å². The van der Waals surface area contributed by atoms with Gasteiger partial charge in [0.1, 0.15) is 5.84 Å². The first-order chi connectivity index (χ1) is 10.5. The second-order valence-electron chi connectivity index (χ2n) is 4.96. The Hall–Kier alpha value is -2.34. The van der Waals surface area contributed by atoms with E-state index in [1.54, 1.807) is 48.5 Å². The van der Waals surface area contributed by atoms with E-state index in [9.17, 15) is 13.2 Å². The molecule has 0 fully saturated rings. The van der Waals surface area contributed by atoms with Gasteiger partial charge in [-0.3, -0.25) is 5.32 Å². The maximum absolute atomic E-state index is 13.8. The standard InChI is InChI=1S/C16H14F3N3/c1-20-15(16(17,18)19)12-9-5-6-10-13(12)21-14(22-15)11-7-3-2-4-8-11/h2-10,20H,1H3,(H,21,22). The third kappa shape index (κ3) is 2.16. The minimum absolute atomic E-state index is 0.0599. The maximum Gasteiger partial charge on any atom is 0.431 e. The zero-order chi connectivity index (χ0) is 15.8. The van der Waals surface area contributed by atoms with Gasteiger partial charge in [-0.1, -0.05) is 48.5 Å².